The first-order valence-corrected chi connectivity index (χ1v) is 10.5. The number of rotatable bonds is 4. The molecular formula is C24H25N3O3. The van der Waals surface area contributed by atoms with Crippen LogP contribution in [0.25, 0.3) is 10.9 Å². The lowest BCUT2D eigenvalue weighted by molar-refractivity contribution is 0.0785. The third kappa shape index (κ3) is 3.54. The molecule has 2 aliphatic rings. The molecule has 2 aromatic carbocycles. The lowest BCUT2D eigenvalue weighted by Crippen LogP contribution is -2.30. The summed E-state index contributed by atoms with van der Waals surface area (Å²) >= 11 is 0. The molecule has 5 rings (SSSR count). The van der Waals surface area contributed by atoms with Crippen molar-refractivity contribution in [2.45, 2.75) is 19.4 Å². The third-order valence-corrected chi connectivity index (χ3v) is 5.71. The molecule has 1 fully saturated rings. The average Bonchev–Trinajstić information content (AvgIpc) is 3.32. The maximum Gasteiger partial charge on any atom is 0.257 e. The number of aromatic nitrogens is 1. The van der Waals surface area contributed by atoms with Crippen molar-refractivity contribution < 1.29 is 14.3 Å². The first-order chi connectivity index (χ1) is 14.7. The van der Waals surface area contributed by atoms with Gasteiger partial charge in [-0.1, -0.05) is 24.3 Å². The molecule has 0 bridgehead atoms. The Morgan fingerprint density at radius 1 is 1.03 bits per heavy atom. The number of carbonyl (C=O) groups excluding carboxylic acids is 1. The molecule has 0 atom stereocenters. The van der Waals surface area contributed by atoms with E-state index in [0.29, 0.717) is 25.3 Å². The lowest BCUT2D eigenvalue weighted by atomic mass is 10.1. The zero-order chi connectivity index (χ0) is 20.5. The molecular weight excluding hydrogens is 378 g/mol. The Hall–Kier alpha value is -3.28. The quantitative estimate of drug-likeness (QED) is 0.662. The normalized spacial score (nSPS) is 15.4. The van der Waals surface area contributed by atoms with E-state index in [1.54, 1.807) is 4.90 Å². The van der Waals surface area contributed by atoms with Gasteiger partial charge in [0.2, 0.25) is 0 Å². The minimum absolute atomic E-state index is 0.0231. The van der Waals surface area contributed by atoms with Crippen molar-refractivity contribution in [2.24, 2.45) is 0 Å². The van der Waals surface area contributed by atoms with Crippen molar-refractivity contribution in [3.05, 3.63) is 59.7 Å². The Balaban J connectivity index is 1.45. The van der Waals surface area contributed by atoms with Crippen molar-refractivity contribution in [1.82, 2.24) is 9.88 Å². The first kappa shape index (κ1) is 18.7. The third-order valence-electron chi connectivity index (χ3n) is 5.71. The summed E-state index contributed by atoms with van der Waals surface area (Å²) in [7, 11) is 1.84. The van der Waals surface area contributed by atoms with Crippen LogP contribution in [0.2, 0.25) is 0 Å². The van der Waals surface area contributed by atoms with Gasteiger partial charge in [0.1, 0.15) is 19.0 Å². The van der Waals surface area contributed by atoms with Crippen LogP contribution in [0, 0.1) is 0 Å². The van der Waals surface area contributed by atoms with Gasteiger partial charge >= 0.3 is 0 Å². The van der Waals surface area contributed by atoms with E-state index in [1.807, 2.05) is 55.6 Å². The summed E-state index contributed by atoms with van der Waals surface area (Å²) in [5.74, 6) is 2.27. The van der Waals surface area contributed by atoms with E-state index >= 15 is 0 Å². The van der Waals surface area contributed by atoms with Gasteiger partial charge in [0, 0.05) is 32.1 Å². The van der Waals surface area contributed by atoms with Crippen LogP contribution in [0.15, 0.2) is 48.5 Å². The predicted octanol–water partition coefficient (Wildman–Crippen LogP) is 3.88. The summed E-state index contributed by atoms with van der Waals surface area (Å²) in [6.45, 7) is 3.49. The summed E-state index contributed by atoms with van der Waals surface area (Å²) in [4.78, 5) is 22.3. The van der Waals surface area contributed by atoms with Gasteiger partial charge in [-0.15, -0.1) is 0 Å². The highest BCUT2D eigenvalue weighted by Crippen LogP contribution is 2.32. The second kappa shape index (κ2) is 7.86. The topological polar surface area (TPSA) is 54.9 Å². The van der Waals surface area contributed by atoms with Gasteiger partial charge in [-0.25, -0.2) is 4.98 Å². The molecule has 6 nitrogen and oxygen atoms in total. The maximum absolute atomic E-state index is 13.5. The van der Waals surface area contributed by atoms with E-state index in [-0.39, 0.29) is 5.91 Å². The number of amides is 1. The van der Waals surface area contributed by atoms with Crippen LogP contribution in [-0.4, -0.2) is 49.1 Å². The SMILES string of the molecule is CN(Cc1ccc2c(c1)OCCO2)C(=O)c1cc2ccccc2nc1N1CCCC1. The standard InChI is InChI=1S/C24H25N3O3/c1-26(16-17-8-9-21-22(14-17)30-13-12-29-21)24(28)19-15-18-6-2-3-7-20(18)25-23(19)27-10-4-5-11-27/h2-3,6-9,14-15H,4-5,10-13,16H2,1H3. The van der Waals surface area contributed by atoms with E-state index in [0.717, 1.165) is 59.7 Å². The van der Waals surface area contributed by atoms with Crippen LogP contribution in [0.4, 0.5) is 5.82 Å². The minimum atomic E-state index is -0.0231. The van der Waals surface area contributed by atoms with Crippen molar-refractivity contribution in [3.63, 3.8) is 0 Å². The summed E-state index contributed by atoms with van der Waals surface area (Å²) in [6, 6.07) is 15.8. The largest absolute Gasteiger partial charge is 0.486 e. The fraction of sp³-hybridized carbons (Fsp3) is 0.333. The minimum Gasteiger partial charge on any atom is -0.486 e. The summed E-state index contributed by atoms with van der Waals surface area (Å²) in [5, 5.41) is 0.983. The molecule has 0 spiro atoms. The van der Waals surface area contributed by atoms with E-state index in [1.165, 1.54) is 0 Å². The Morgan fingerprint density at radius 3 is 2.63 bits per heavy atom. The van der Waals surface area contributed by atoms with Crippen molar-refractivity contribution >= 4 is 22.6 Å². The van der Waals surface area contributed by atoms with Crippen LogP contribution in [0.5, 0.6) is 11.5 Å². The zero-order valence-corrected chi connectivity index (χ0v) is 17.1. The predicted molar refractivity (Wildman–Crippen MR) is 116 cm³/mol. The van der Waals surface area contributed by atoms with Gasteiger partial charge < -0.3 is 19.3 Å². The molecule has 30 heavy (non-hydrogen) atoms. The number of anilines is 1. The molecule has 1 amide bonds. The first-order valence-electron chi connectivity index (χ1n) is 10.5. The molecule has 0 aliphatic carbocycles. The number of nitrogens with zero attached hydrogens (tertiary/aromatic N) is 3. The van der Waals surface area contributed by atoms with Gasteiger partial charge in [0.25, 0.3) is 5.91 Å². The van der Waals surface area contributed by atoms with Gasteiger partial charge in [-0.3, -0.25) is 4.79 Å². The monoisotopic (exact) mass is 403 g/mol. The van der Waals surface area contributed by atoms with Crippen LogP contribution < -0.4 is 14.4 Å². The molecule has 0 unspecified atom stereocenters. The van der Waals surface area contributed by atoms with Crippen molar-refractivity contribution in [1.29, 1.82) is 0 Å². The fourth-order valence-electron chi connectivity index (χ4n) is 4.17. The number of hydrogen-bond donors (Lipinski definition) is 0. The van der Waals surface area contributed by atoms with E-state index < -0.39 is 0 Å². The second-order valence-electron chi connectivity index (χ2n) is 7.89. The molecule has 3 aromatic rings. The van der Waals surface area contributed by atoms with Crippen molar-refractivity contribution in [3.8, 4) is 11.5 Å². The van der Waals surface area contributed by atoms with Gasteiger partial charge in [0.05, 0.1) is 11.1 Å². The highest BCUT2D eigenvalue weighted by atomic mass is 16.6. The number of fused-ring (bicyclic) bond motifs is 2. The summed E-state index contributed by atoms with van der Waals surface area (Å²) < 4.78 is 11.3. The van der Waals surface area contributed by atoms with E-state index in [4.69, 9.17) is 14.5 Å². The van der Waals surface area contributed by atoms with Crippen LogP contribution in [-0.2, 0) is 6.54 Å². The smallest absolute Gasteiger partial charge is 0.257 e. The van der Waals surface area contributed by atoms with E-state index in [2.05, 4.69) is 4.90 Å². The molecule has 0 N–H and O–H groups in total. The Bertz CT molecular complexity index is 1090. The van der Waals surface area contributed by atoms with Crippen LogP contribution in [0.1, 0.15) is 28.8 Å². The van der Waals surface area contributed by atoms with Gasteiger partial charge in [0.15, 0.2) is 11.5 Å². The van der Waals surface area contributed by atoms with Crippen LogP contribution in [0.3, 0.4) is 0 Å². The Morgan fingerprint density at radius 2 is 1.80 bits per heavy atom. The molecule has 1 aromatic heterocycles. The molecule has 6 heteroatoms. The highest BCUT2D eigenvalue weighted by molar-refractivity contribution is 6.02. The molecule has 154 valence electrons. The molecule has 3 heterocycles. The number of pyridine rings is 1. The molecule has 0 saturated carbocycles. The Labute approximate surface area is 176 Å². The number of hydrogen-bond acceptors (Lipinski definition) is 5. The zero-order valence-electron chi connectivity index (χ0n) is 17.1. The van der Waals surface area contributed by atoms with E-state index in [9.17, 15) is 4.79 Å². The lowest BCUT2D eigenvalue weighted by Gasteiger charge is -2.24. The highest BCUT2D eigenvalue weighted by Gasteiger charge is 2.24. The summed E-state index contributed by atoms with van der Waals surface area (Å²) in [6.07, 6.45) is 2.27. The van der Waals surface area contributed by atoms with Crippen molar-refractivity contribution in [2.75, 3.05) is 38.3 Å². The van der Waals surface area contributed by atoms with Gasteiger partial charge in [-0.05, 0) is 42.7 Å². The fourth-order valence-corrected chi connectivity index (χ4v) is 4.17. The van der Waals surface area contributed by atoms with Gasteiger partial charge in [-0.2, -0.15) is 0 Å². The number of benzene rings is 2. The second-order valence-corrected chi connectivity index (χ2v) is 7.89. The number of para-hydroxylation sites is 1. The molecule has 2 aliphatic heterocycles. The molecule has 1 saturated heterocycles. The maximum atomic E-state index is 13.5. The summed E-state index contributed by atoms with van der Waals surface area (Å²) in [5.41, 5.74) is 2.59. The number of carbonyl (C=O) groups is 1. The average molecular weight is 403 g/mol. The number of ether oxygens (including phenoxy) is 2. The van der Waals surface area contributed by atoms with Crippen LogP contribution >= 0.6 is 0 Å². The molecule has 0 radical (unpaired) electrons. The Kier molecular flexibility index (Phi) is 4.91.